The largest absolute Gasteiger partial charge is 0.465 e. The average molecular weight is 256 g/mol. The fraction of sp³-hybridized carbons (Fsp3) is 0.857. The number of esters is 2. The highest BCUT2D eigenvalue weighted by Gasteiger charge is 2.45. The van der Waals surface area contributed by atoms with E-state index in [1.807, 2.05) is 34.6 Å². The zero-order chi connectivity index (χ0) is 14.2. The lowest BCUT2D eigenvalue weighted by Crippen LogP contribution is -2.46. The summed E-state index contributed by atoms with van der Waals surface area (Å²) in [4.78, 5) is 23.6. The average Bonchev–Trinajstić information content (AvgIpc) is 2.14. The van der Waals surface area contributed by atoms with Gasteiger partial charge in [0.2, 0.25) is 0 Å². The Balaban J connectivity index is 2.78. The van der Waals surface area contributed by atoms with Crippen LogP contribution in [0.1, 0.15) is 54.4 Å². The highest BCUT2D eigenvalue weighted by atomic mass is 16.6. The molecule has 0 radical (unpaired) electrons. The van der Waals surface area contributed by atoms with Gasteiger partial charge in [-0.1, -0.05) is 20.8 Å². The van der Waals surface area contributed by atoms with E-state index in [-0.39, 0.29) is 23.8 Å². The number of rotatable bonds is 2. The van der Waals surface area contributed by atoms with Crippen molar-refractivity contribution in [2.24, 2.45) is 10.8 Å². The molecule has 0 aromatic carbocycles. The van der Waals surface area contributed by atoms with E-state index >= 15 is 0 Å². The molecule has 0 aromatic rings. The van der Waals surface area contributed by atoms with Crippen LogP contribution in [0.5, 0.6) is 0 Å². The van der Waals surface area contributed by atoms with Gasteiger partial charge in [-0.05, 0) is 26.2 Å². The molecule has 0 spiro atoms. The summed E-state index contributed by atoms with van der Waals surface area (Å²) in [6, 6.07) is 0. The number of hydrogen-bond acceptors (Lipinski definition) is 4. The normalized spacial score (nSPS) is 25.6. The first-order valence-corrected chi connectivity index (χ1v) is 6.37. The molecule has 0 aromatic heterocycles. The molecular weight excluding hydrogens is 232 g/mol. The molecule has 1 aliphatic heterocycles. The summed E-state index contributed by atoms with van der Waals surface area (Å²) >= 11 is 0. The lowest BCUT2D eigenvalue weighted by atomic mass is 9.69. The molecule has 1 rings (SSSR count). The Bertz CT molecular complexity index is 351. The number of ether oxygens (including phenoxy) is 2. The van der Waals surface area contributed by atoms with Crippen molar-refractivity contribution in [2.45, 2.75) is 60.0 Å². The van der Waals surface area contributed by atoms with Crippen molar-refractivity contribution in [3.05, 3.63) is 0 Å². The fourth-order valence-electron chi connectivity index (χ4n) is 1.57. The summed E-state index contributed by atoms with van der Waals surface area (Å²) in [6.45, 7) is 11.9. The van der Waals surface area contributed by atoms with Crippen LogP contribution in [0.2, 0.25) is 0 Å². The zero-order valence-corrected chi connectivity index (χ0v) is 12.3. The summed E-state index contributed by atoms with van der Waals surface area (Å²) in [7, 11) is 0. The third-order valence-electron chi connectivity index (χ3n) is 4.14. The van der Waals surface area contributed by atoms with E-state index in [0.29, 0.717) is 13.0 Å². The molecule has 0 aliphatic carbocycles. The quantitative estimate of drug-likeness (QED) is 0.713. The molecular formula is C14H24O4. The van der Waals surface area contributed by atoms with Crippen molar-refractivity contribution in [3.63, 3.8) is 0 Å². The molecule has 1 atom stereocenters. The van der Waals surface area contributed by atoms with Gasteiger partial charge in [0.15, 0.2) is 0 Å². The molecule has 1 aliphatic rings. The standard InChI is InChI=1S/C14H24O4/c1-12(2,3)13(4,5)11(16)18-14(6)7-8-17-10(15)9-14/h7-9H2,1-6H3. The summed E-state index contributed by atoms with van der Waals surface area (Å²) in [5.74, 6) is -0.558. The number of cyclic esters (lactones) is 1. The van der Waals surface area contributed by atoms with Crippen LogP contribution in [0.4, 0.5) is 0 Å². The summed E-state index contributed by atoms with van der Waals surface area (Å²) < 4.78 is 10.5. The van der Waals surface area contributed by atoms with Crippen molar-refractivity contribution in [3.8, 4) is 0 Å². The Hall–Kier alpha value is -1.06. The zero-order valence-electron chi connectivity index (χ0n) is 12.3. The van der Waals surface area contributed by atoms with Gasteiger partial charge in [-0.2, -0.15) is 0 Å². The van der Waals surface area contributed by atoms with Crippen LogP contribution < -0.4 is 0 Å². The molecule has 0 N–H and O–H groups in total. The lowest BCUT2D eigenvalue weighted by Gasteiger charge is -2.40. The lowest BCUT2D eigenvalue weighted by molar-refractivity contribution is -0.186. The molecule has 1 unspecified atom stereocenters. The van der Waals surface area contributed by atoms with E-state index in [1.54, 1.807) is 6.92 Å². The monoisotopic (exact) mass is 256 g/mol. The highest BCUT2D eigenvalue weighted by molar-refractivity contribution is 5.78. The van der Waals surface area contributed by atoms with Crippen LogP contribution in [0.15, 0.2) is 0 Å². The topological polar surface area (TPSA) is 52.6 Å². The van der Waals surface area contributed by atoms with Gasteiger partial charge < -0.3 is 9.47 Å². The van der Waals surface area contributed by atoms with Crippen LogP contribution in [-0.4, -0.2) is 24.1 Å². The smallest absolute Gasteiger partial charge is 0.312 e. The summed E-state index contributed by atoms with van der Waals surface area (Å²) in [5, 5.41) is 0. The second kappa shape index (κ2) is 4.56. The van der Waals surface area contributed by atoms with E-state index in [1.165, 1.54) is 0 Å². The van der Waals surface area contributed by atoms with Crippen molar-refractivity contribution in [2.75, 3.05) is 6.61 Å². The van der Waals surface area contributed by atoms with Crippen molar-refractivity contribution < 1.29 is 19.1 Å². The van der Waals surface area contributed by atoms with Gasteiger partial charge in [0.25, 0.3) is 0 Å². The van der Waals surface area contributed by atoms with E-state index < -0.39 is 11.0 Å². The van der Waals surface area contributed by atoms with Crippen LogP contribution >= 0.6 is 0 Å². The van der Waals surface area contributed by atoms with Crippen molar-refractivity contribution >= 4 is 11.9 Å². The van der Waals surface area contributed by atoms with Crippen LogP contribution in [0.25, 0.3) is 0 Å². The number of hydrogen-bond donors (Lipinski definition) is 0. The first-order valence-electron chi connectivity index (χ1n) is 6.37. The van der Waals surface area contributed by atoms with Gasteiger partial charge in [-0.15, -0.1) is 0 Å². The second-order valence-corrected chi connectivity index (χ2v) is 6.86. The van der Waals surface area contributed by atoms with E-state index in [2.05, 4.69) is 0 Å². The van der Waals surface area contributed by atoms with Crippen LogP contribution in [0, 0.1) is 10.8 Å². The van der Waals surface area contributed by atoms with E-state index in [4.69, 9.17) is 9.47 Å². The van der Waals surface area contributed by atoms with Gasteiger partial charge in [0.1, 0.15) is 5.60 Å². The molecule has 1 fully saturated rings. The minimum atomic E-state index is -0.727. The Kier molecular flexibility index (Phi) is 3.80. The van der Waals surface area contributed by atoms with Gasteiger partial charge in [-0.3, -0.25) is 9.59 Å². The molecule has 1 heterocycles. The van der Waals surface area contributed by atoms with Gasteiger partial charge in [0, 0.05) is 6.42 Å². The maximum atomic E-state index is 12.3. The fourth-order valence-corrected chi connectivity index (χ4v) is 1.57. The van der Waals surface area contributed by atoms with Crippen LogP contribution in [-0.2, 0) is 19.1 Å². The minimum Gasteiger partial charge on any atom is -0.465 e. The minimum absolute atomic E-state index is 0.138. The predicted octanol–water partition coefficient (Wildman–Crippen LogP) is 2.70. The molecule has 4 nitrogen and oxygen atoms in total. The predicted molar refractivity (Wildman–Crippen MR) is 67.9 cm³/mol. The maximum absolute atomic E-state index is 12.3. The SMILES string of the molecule is CC1(OC(=O)C(C)(C)C(C)(C)C)CCOC(=O)C1. The molecule has 4 heteroatoms. The Morgan fingerprint density at radius 3 is 2.28 bits per heavy atom. The van der Waals surface area contributed by atoms with E-state index in [9.17, 15) is 9.59 Å². The molecule has 1 saturated heterocycles. The van der Waals surface area contributed by atoms with Gasteiger partial charge in [-0.25, -0.2) is 0 Å². The highest BCUT2D eigenvalue weighted by Crippen LogP contribution is 2.40. The Morgan fingerprint density at radius 2 is 1.83 bits per heavy atom. The van der Waals surface area contributed by atoms with Gasteiger partial charge in [0.05, 0.1) is 18.4 Å². The molecule has 0 bridgehead atoms. The third kappa shape index (κ3) is 3.03. The second-order valence-electron chi connectivity index (χ2n) is 6.86. The first kappa shape index (κ1) is 15.0. The molecule has 18 heavy (non-hydrogen) atoms. The maximum Gasteiger partial charge on any atom is 0.312 e. The molecule has 0 saturated carbocycles. The third-order valence-corrected chi connectivity index (χ3v) is 4.14. The van der Waals surface area contributed by atoms with Crippen molar-refractivity contribution in [1.82, 2.24) is 0 Å². The van der Waals surface area contributed by atoms with Gasteiger partial charge >= 0.3 is 11.9 Å². The van der Waals surface area contributed by atoms with E-state index in [0.717, 1.165) is 0 Å². The van der Waals surface area contributed by atoms with Crippen molar-refractivity contribution in [1.29, 1.82) is 0 Å². The summed E-state index contributed by atoms with van der Waals surface area (Å²) in [6.07, 6.45) is 0.698. The molecule has 0 amide bonds. The Labute approximate surface area is 109 Å². The Morgan fingerprint density at radius 1 is 1.28 bits per heavy atom. The summed E-state index contributed by atoms with van der Waals surface area (Å²) in [5.41, 5.74) is -1.53. The first-order chi connectivity index (χ1) is 7.98. The number of carbonyl (C=O) groups excluding carboxylic acids is 2. The van der Waals surface area contributed by atoms with Crippen LogP contribution in [0.3, 0.4) is 0 Å². The number of carbonyl (C=O) groups is 2. The molecule has 104 valence electrons.